The Morgan fingerprint density at radius 3 is 3.06 bits per heavy atom. The number of anilines is 1. The van der Waals surface area contributed by atoms with Crippen LogP contribution in [0.2, 0.25) is 0 Å². The number of hydrogen-bond acceptors (Lipinski definition) is 4. The molecule has 0 aliphatic carbocycles. The summed E-state index contributed by atoms with van der Waals surface area (Å²) in [7, 11) is 1.69. The van der Waals surface area contributed by atoms with Crippen molar-refractivity contribution in [1.29, 1.82) is 0 Å². The molecule has 18 heavy (non-hydrogen) atoms. The van der Waals surface area contributed by atoms with Gasteiger partial charge in [-0.25, -0.2) is 9.37 Å². The predicted molar refractivity (Wildman–Crippen MR) is 73.8 cm³/mol. The molecular weight excluding hydrogens is 251 g/mol. The van der Waals surface area contributed by atoms with Crippen LogP contribution in [-0.2, 0) is 4.74 Å². The average molecular weight is 268 g/mol. The van der Waals surface area contributed by atoms with Crippen LogP contribution in [0, 0.1) is 5.82 Å². The summed E-state index contributed by atoms with van der Waals surface area (Å²) in [6.45, 7) is 2.79. The van der Waals surface area contributed by atoms with Gasteiger partial charge in [-0.15, -0.1) is 0 Å². The van der Waals surface area contributed by atoms with Crippen molar-refractivity contribution < 1.29 is 9.13 Å². The van der Waals surface area contributed by atoms with E-state index >= 15 is 0 Å². The SMILES string of the molecule is CCCC(COC)Nc1nc2cc(F)ccc2s1. The smallest absolute Gasteiger partial charge is 0.184 e. The fourth-order valence-electron chi connectivity index (χ4n) is 1.88. The Bertz CT molecular complexity index is 509. The summed E-state index contributed by atoms with van der Waals surface area (Å²) >= 11 is 1.54. The molecule has 1 aromatic heterocycles. The quantitative estimate of drug-likeness (QED) is 0.868. The third kappa shape index (κ3) is 3.17. The van der Waals surface area contributed by atoms with E-state index in [2.05, 4.69) is 17.2 Å². The molecule has 0 bridgehead atoms. The Hall–Kier alpha value is -1.20. The van der Waals surface area contributed by atoms with Gasteiger partial charge in [0, 0.05) is 13.2 Å². The first kappa shape index (κ1) is 13.2. The van der Waals surface area contributed by atoms with Gasteiger partial charge in [0.15, 0.2) is 5.13 Å². The summed E-state index contributed by atoms with van der Waals surface area (Å²) in [5.41, 5.74) is 0.704. The third-order valence-corrected chi connectivity index (χ3v) is 3.65. The summed E-state index contributed by atoms with van der Waals surface area (Å²) < 4.78 is 19.2. The van der Waals surface area contributed by atoms with E-state index < -0.39 is 0 Å². The van der Waals surface area contributed by atoms with Crippen LogP contribution in [0.5, 0.6) is 0 Å². The van der Waals surface area contributed by atoms with E-state index in [1.807, 2.05) is 0 Å². The van der Waals surface area contributed by atoms with Gasteiger partial charge in [0.25, 0.3) is 0 Å². The highest BCUT2D eigenvalue weighted by Gasteiger charge is 2.10. The van der Waals surface area contributed by atoms with Crippen molar-refractivity contribution in [3.8, 4) is 0 Å². The van der Waals surface area contributed by atoms with Gasteiger partial charge < -0.3 is 10.1 Å². The topological polar surface area (TPSA) is 34.1 Å². The zero-order chi connectivity index (χ0) is 13.0. The molecular formula is C13H17FN2OS. The largest absolute Gasteiger partial charge is 0.383 e. The summed E-state index contributed by atoms with van der Waals surface area (Å²) in [5, 5.41) is 4.17. The molecule has 0 saturated heterocycles. The van der Waals surface area contributed by atoms with Crippen molar-refractivity contribution in [3.05, 3.63) is 24.0 Å². The Kier molecular flexibility index (Phi) is 4.49. The number of fused-ring (bicyclic) bond motifs is 1. The van der Waals surface area contributed by atoms with Gasteiger partial charge in [0.05, 0.1) is 22.9 Å². The molecule has 1 atom stereocenters. The summed E-state index contributed by atoms with van der Waals surface area (Å²) in [6.07, 6.45) is 2.11. The normalized spacial score (nSPS) is 12.8. The molecule has 2 rings (SSSR count). The van der Waals surface area contributed by atoms with Crippen molar-refractivity contribution in [1.82, 2.24) is 4.98 Å². The van der Waals surface area contributed by atoms with Crippen molar-refractivity contribution in [2.45, 2.75) is 25.8 Å². The first-order valence-electron chi connectivity index (χ1n) is 6.04. The maximum atomic E-state index is 13.1. The molecule has 0 spiro atoms. The van der Waals surface area contributed by atoms with Crippen LogP contribution in [0.15, 0.2) is 18.2 Å². The highest BCUT2D eigenvalue weighted by Crippen LogP contribution is 2.27. The van der Waals surface area contributed by atoms with E-state index in [9.17, 15) is 4.39 Å². The number of halogens is 1. The van der Waals surface area contributed by atoms with Crippen LogP contribution >= 0.6 is 11.3 Å². The van der Waals surface area contributed by atoms with E-state index in [4.69, 9.17) is 4.74 Å². The van der Waals surface area contributed by atoms with Gasteiger partial charge in [-0.05, 0) is 18.6 Å². The lowest BCUT2D eigenvalue weighted by Gasteiger charge is -2.15. The number of thiazole rings is 1. The summed E-state index contributed by atoms with van der Waals surface area (Å²) in [5.74, 6) is -0.249. The van der Waals surface area contributed by atoms with E-state index in [-0.39, 0.29) is 11.9 Å². The van der Waals surface area contributed by atoms with Crippen LogP contribution in [-0.4, -0.2) is 24.7 Å². The molecule has 3 nitrogen and oxygen atoms in total. The molecule has 0 saturated carbocycles. The monoisotopic (exact) mass is 268 g/mol. The van der Waals surface area contributed by atoms with E-state index in [1.165, 1.54) is 12.1 Å². The third-order valence-electron chi connectivity index (χ3n) is 2.68. The first-order chi connectivity index (χ1) is 8.72. The zero-order valence-corrected chi connectivity index (χ0v) is 11.4. The molecule has 1 N–H and O–H groups in total. The van der Waals surface area contributed by atoms with Crippen LogP contribution in [0.25, 0.3) is 10.2 Å². The second-order valence-electron chi connectivity index (χ2n) is 4.22. The standard InChI is InChI=1S/C13H17FN2OS/c1-3-4-10(8-17-2)15-13-16-11-7-9(14)5-6-12(11)18-13/h5-7,10H,3-4,8H2,1-2H3,(H,15,16). The Labute approximate surface area is 110 Å². The second-order valence-corrected chi connectivity index (χ2v) is 5.25. The lowest BCUT2D eigenvalue weighted by atomic mass is 10.2. The summed E-state index contributed by atoms with van der Waals surface area (Å²) in [4.78, 5) is 4.39. The maximum Gasteiger partial charge on any atom is 0.184 e. The van der Waals surface area contributed by atoms with Crippen molar-refractivity contribution >= 4 is 26.7 Å². The van der Waals surface area contributed by atoms with Crippen LogP contribution < -0.4 is 5.32 Å². The number of nitrogens with zero attached hydrogens (tertiary/aromatic N) is 1. The number of hydrogen-bond donors (Lipinski definition) is 1. The highest BCUT2D eigenvalue weighted by molar-refractivity contribution is 7.22. The number of nitrogens with one attached hydrogen (secondary N) is 1. The number of benzene rings is 1. The molecule has 1 unspecified atom stereocenters. The van der Waals surface area contributed by atoms with E-state index in [0.717, 1.165) is 22.7 Å². The molecule has 2 aromatic rings. The highest BCUT2D eigenvalue weighted by atomic mass is 32.1. The van der Waals surface area contributed by atoms with Crippen LogP contribution in [0.4, 0.5) is 9.52 Å². The molecule has 1 heterocycles. The zero-order valence-electron chi connectivity index (χ0n) is 10.6. The van der Waals surface area contributed by atoms with Crippen molar-refractivity contribution in [2.75, 3.05) is 19.0 Å². The molecule has 0 fully saturated rings. The number of rotatable bonds is 6. The van der Waals surface area contributed by atoms with Crippen molar-refractivity contribution in [2.24, 2.45) is 0 Å². The minimum Gasteiger partial charge on any atom is -0.383 e. The minimum absolute atomic E-state index is 0.249. The molecule has 5 heteroatoms. The van der Waals surface area contributed by atoms with Gasteiger partial charge in [-0.2, -0.15) is 0 Å². The number of methoxy groups -OCH3 is 1. The predicted octanol–water partition coefficient (Wildman–Crippen LogP) is 3.66. The molecule has 0 aliphatic rings. The second kappa shape index (κ2) is 6.11. The molecule has 0 aliphatic heterocycles. The number of aromatic nitrogens is 1. The lowest BCUT2D eigenvalue weighted by Crippen LogP contribution is -2.24. The average Bonchev–Trinajstić information content (AvgIpc) is 2.71. The Morgan fingerprint density at radius 1 is 1.50 bits per heavy atom. The molecule has 1 aromatic carbocycles. The fourth-order valence-corrected chi connectivity index (χ4v) is 2.81. The van der Waals surface area contributed by atoms with Crippen LogP contribution in [0.3, 0.4) is 0 Å². The maximum absolute atomic E-state index is 13.1. The van der Waals surface area contributed by atoms with Gasteiger partial charge in [-0.3, -0.25) is 0 Å². The first-order valence-corrected chi connectivity index (χ1v) is 6.86. The lowest BCUT2D eigenvalue weighted by molar-refractivity contribution is 0.182. The van der Waals surface area contributed by atoms with Gasteiger partial charge in [0.2, 0.25) is 0 Å². The number of ether oxygens (including phenoxy) is 1. The van der Waals surface area contributed by atoms with E-state index in [1.54, 1.807) is 24.5 Å². The molecule has 0 radical (unpaired) electrons. The fraction of sp³-hybridized carbons (Fsp3) is 0.462. The van der Waals surface area contributed by atoms with Crippen LogP contribution in [0.1, 0.15) is 19.8 Å². The van der Waals surface area contributed by atoms with E-state index in [0.29, 0.717) is 12.1 Å². The van der Waals surface area contributed by atoms with Crippen molar-refractivity contribution in [3.63, 3.8) is 0 Å². The van der Waals surface area contributed by atoms with Gasteiger partial charge in [-0.1, -0.05) is 24.7 Å². The minimum atomic E-state index is -0.249. The van der Waals surface area contributed by atoms with Gasteiger partial charge >= 0.3 is 0 Å². The summed E-state index contributed by atoms with van der Waals surface area (Å²) in [6, 6.07) is 4.94. The Balaban J connectivity index is 2.14. The Morgan fingerprint density at radius 2 is 2.33 bits per heavy atom. The molecule has 98 valence electrons. The molecule has 0 amide bonds. The van der Waals surface area contributed by atoms with Gasteiger partial charge in [0.1, 0.15) is 5.82 Å².